The summed E-state index contributed by atoms with van der Waals surface area (Å²) in [4.78, 5) is 89.9. The summed E-state index contributed by atoms with van der Waals surface area (Å²) in [7, 11) is 0. The van der Waals surface area contributed by atoms with Crippen LogP contribution in [-0.2, 0) is 38.3 Å². The molecule has 2 N–H and O–H groups in total. The largest absolute Gasteiger partial charge is 0.478 e. The van der Waals surface area contributed by atoms with E-state index in [1.54, 1.807) is 133 Å². The van der Waals surface area contributed by atoms with Crippen molar-refractivity contribution in [3.63, 3.8) is 0 Å². The fraction of sp³-hybridized carbons (Fsp3) is 0.304. The molecule has 61 heavy (non-hydrogen) atoms. The molecule has 14 nitrogen and oxygen atoms in total. The summed E-state index contributed by atoms with van der Waals surface area (Å²) in [6, 6.07) is 10.6. The molecule has 3 aromatic rings. The lowest BCUT2D eigenvalue weighted by Crippen LogP contribution is -2.34. The Hall–Kier alpha value is -6.67. The van der Waals surface area contributed by atoms with Crippen LogP contribution in [0.3, 0.4) is 0 Å². The van der Waals surface area contributed by atoms with Crippen LogP contribution in [0.5, 0.6) is 0 Å². The molecular formula is C46H54ClN5O9. The number of carboxylic acids is 1. The Morgan fingerprint density at radius 1 is 0.689 bits per heavy atom. The molecule has 3 amide bonds. The number of hydrogen-bond acceptors (Lipinski definition) is 11. The lowest BCUT2D eigenvalue weighted by molar-refractivity contribution is -0.162. The van der Waals surface area contributed by atoms with Gasteiger partial charge in [0, 0.05) is 73.9 Å². The van der Waals surface area contributed by atoms with E-state index in [4.69, 9.17) is 16.7 Å². The van der Waals surface area contributed by atoms with Gasteiger partial charge in [0.1, 0.15) is 0 Å². The summed E-state index contributed by atoms with van der Waals surface area (Å²) in [5, 5.41) is 10.7. The van der Waals surface area contributed by atoms with Crippen molar-refractivity contribution in [2.45, 2.75) is 67.2 Å². The van der Waals surface area contributed by atoms with E-state index in [0.717, 1.165) is 55.0 Å². The fourth-order valence-corrected chi connectivity index (χ4v) is 3.94. The Bertz CT molecular complexity index is 2020. The van der Waals surface area contributed by atoms with Gasteiger partial charge in [-0.3, -0.25) is 43.8 Å². The highest BCUT2D eigenvalue weighted by Gasteiger charge is 2.25. The first-order valence-corrected chi connectivity index (χ1v) is 19.6. The highest BCUT2D eigenvalue weighted by atomic mass is 35.5. The minimum Gasteiger partial charge on any atom is -0.478 e. The molecule has 0 aromatic carbocycles. The molecule has 0 aliphatic carbocycles. The van der Waals surface area contributed by atoms with E-state index in [1.165, 1.54) is 29.2 Å². The molecule has 0 fully saturated rings. The number of esters is 2. The topological polar surface area (TPSA) is 203 Å². The van der Waals surface area contributed by atoms with Gasteiger partial charge < -0.3 is 15.2 Å². The third kappa shape index (κ3) is 26.1. The Kier molecular flexibility index (Phi) is 24.6. The molecule has 2 aliphatic rings. The normalized spacial score (nSPS) is 13.7. The van der Waals surface area contributed by atoms with Crippen LogP contribution in [0.2, 0.25) is 0 Å². The summed E-state index contributed by atoms with van der Waals surface area (Å²) >= 11 is 5.11. The van der Waals surface area contributed by atoms with Gasteiger partial charge in [-0.25, -0.2) is 9.59 Å². The molecule has 0 spiro atoms. The number of hydrogen-bond donors (Lipinski definition) is 2. The Labute approximate surface area is 362 Å². The quantitative estimate of drug-likeness (QED) is 0.108. The molecule has 3 aromatic heterocycles. The number of allylic oxidation sites excluding steroid dienone is 2. The van der Waals surface area contributed by atoms with E-state index in [2.05, 4.69) is 25.0 Å². The summed E-state index contributed by atoms with van der Waals surface area (Å²) in [6.45, 7) is 11.7. The van der Waals surface area contributed by atoms with Gasteiger partial charge in [0.2, 0.25) is 11.1 Å². The summed E-state index contributed by atoms with van der Waals surface area (Å²) in [5.41, 5.74) is 1.49. The van der Waals surface area contributed by atoms with Crippen molar-refractivity contribution < 1.29 is 43.4 Å². The SMILES string of the molecule is CC(C)(C)C(=O)Cl.CC(C)(C)C(=O)OC(=O)/C=C/c1ccncc1.O=C(O)/C=C/c1ccncc1.O=C1C=CCCCN1.O=C1C=CCCCN1C(=O)/C=C/c1ccncc1. The number of carbonyl (C=O) groups is 7. The van der Waals surface area contributed by atoms with E-state index >= 15 is 0 Å². The van der Waals surface area contributed by atoms with Crippen LogP contribution in [0, 0.1) is 10.8 Å². The molecular weight excluding hydrogens is 802 g/mol. The molecule has 0 radical (unpaired) electrons. The first kappa shape index (κ1) is 52.3. The second-order valence-electron chi connectivity index (χ2n) is 14.9. The van der Waals surface area contributed by atoms with E-state index in [9.17, 15) is 33.6 Å². The van der Waals surface area contributed by atoms with Crippen molar-refractivity contribution in [3.05, 3.63) is 133 Å². The fourth-order valence-electron chi connectivity index (χ4n) is 3.94. The molecule has 15 heteroatoms. The van der Waals surface area contributed by atoms with Gasteiger partial charge in [0.15, 0.2) is 0 Å². The highest BCUT2D eigenvalue weighted by molar-refractivity contribution is 6.64. The Balaban J connectivity index is 0.000000400. The number of carbonyl (C=O) groups excluding carboxylic acids is 6. The number of aromatic nitrogens is 3. The third-order valence-electron chi connectivity index (χ3n) is 7.42. The first-order chi connectivity index (χ1) is 28.8. The van der Waals surface area contributed by atoms with Gasteiger partial charge in [-0.05, 0) is 142 Å². The second-order valence-corrected chi connectivity index (χ2v) is 15.2. The van der Waals surface area contributed by atoms with Gasteiger partial charge >= 0.3 is 17.9 Å². The molecule has 2 aliphatic heterocycles. The number of nitrogens with one attached hydrogen (secondary N) is 1. The maximum atomic E-state index is 11.9. The molecule has 0 atom stereocenters. The number of amides is 3. The number of carboxylic acid groups (broad SMARTS) is 1. The minimum atomic E-state index is -0.943. The number of ether oxygens (including phenoxy) is 1. The van der Waals surface area contributed by atoms with Crippen molar-refractivity contribution in [1.82, 2.24) is 25.2 Å². The molecule has 0 unspecified atom stereocenters. The highest BCUT2D eigenvalue weighted by Crippen LogP contribution is 2.16. The van der Waals surface area contributed by atoms with Gasteiger partial charge in [-0.2, -0.15) is 0 Å². The predicted molar refractivity (Wildman–Crippen MR) is 235 cm³/mol. The van der Waals surface area contributed by atoms with Gasteiger partial charge in [0.25, 0.3) is 11.8 Å². The van der Waals surface area contributed by atoms with Crippen LogP contribution in [-0.4, -0.2) is 78.9 Å². The van der Waals surface area contributed by atoms with Crippen LogP contribution in [0.25, 0.3) is 18.2 Å². The van der Waals surface area contributed by atoms with E-state index < -0.39 is 23.3 Å². The summed E-state index contributed by atoms with van der Waals surface area (Å²) in [5.74, 6) is -2.62. The van der Waals surface area contributed by atoms with Gasteiger partial charge in [-0.15, -0.1) is 0 Å². The van der Waals surface area contributed by atoms with Crippen molar-refractivity contribution in [3.8, 4) is 0 Å². The van der Waals surface area contributed by atoms with Gasteiger partial charge in [-0.1, -0.05) is 32.9 Å². The van der Waals surface area contributed by atoms with E-state index in [1.807, 2.05) is 12.2 Å². The number of halogens is 1. The maximum absolute atomic E-state index is 11.9. The lowest BCUT2D eigenvalue weighted by Gasteiger charge is -2.15. The average molecular weight is 856 g/mol. The molecule has 0 bridgehead atoms. The Morgan fingerprint density at radius 2 is 1.13 bits per heavy atom. The smallest absolute Gasteiger partial charge is 0.338 e. The second kappa shape index (κ2) is 28.7. The van der Waals surface area contributed by atoms with E-state index in [-0.39, 0.29) is 28.4 Å². The van der Waals surface area contributed by atoms with Crippen LogP contribution < -0.4 is 5.32 Å². The van der Waals surface area contributed by atoms with Crippen molar-refractivity contribution in [2.75, 3.05) is 13.1 Å². The van der Waals surface area contributed by atoms with Crippen LogP contribution in [0.1, 0.15) is 83.9 Å². The number of imide groups is 1. The summed E-state index contributed by atoms with van der Waals surface area (Å²) in [6.07, 6.45) is 28.8. The zero-order chi connectivity index (χ0) is 45.7. The van der Waals surface area contributed by atoms with Crippen LogP contribution >= 0.6 is 11.6 Å². The van der Waals surface area contributed by atoms with Crippen LogP contribution in [0.15, 0.2) is 116 Å². The lowest BCUT2D eigenvalue weighted by atomic mass is 9.97. The molecule has 0 saturated heterocycles. The zero-order valence-electron chi connectivity index (χ0n) is 35.3. The zero-order valence-corrected chi connectivity index (χ0v) is 36.1. The summed E-state index contributed by atoms with van der Waals surface area (Å²) < 4.78 is 4.66. The van der Waals surface area contributed by atoms with Crippen LogP contribution in [0.4, 0.5) is 0 Å². The molecule has 324 valence electrons. The van der Waals surface area contributed by atoms with Gasteiger partial charge in [0.05, 0.1) is 5.41 Å². The first-order valence-electron chi connectivity index (χ1n) is 19.2. The maximum Gasteiger partial charge on any atom is 0.338 e. The number of aliphatic carboxylic acids is 1. The number of nitrogens with zero attached hydrogens (tertiary/aromatic N) is 4. The number of rotatable bonds is 6. The monoisotopic (exact) mass is 855 g/mol. The standard InChI is InChI=1S/C14H14N2O2.C13H15NO3.C8H7NO2.C6H9NO.C5H9ClO/c17-13-4-2-1-3-11-16(13)14(18)6-5-12-7-9-15-10-8-12;1-13(2,3)12(16)17-11(15)5-4-10-6-8-14-9-7-10;10-8(11)2-1-7-3-5-9-6-4-7;8-6-4-2-1-3-5-7-6;1-5(2,3)4(6)7/h2,4-10H,1,3,11H2;4-9H,1-3H3;1-6H,(H,10,11);2,4H,1,3,5H2,(H,7,8);1-3H3/b6-5+;5-4+;2-1+;;. The van der Waals surface area contributed by atoms with Crippen molar-refractivity contribution in [1.29, 1.82) is 0 Å². The van der Waals surface area contributed by atoms with E-state index in [0.29, 0.717) is 6.54 Å². The predicted octanol–water partition coefficient (Wildman–Crippen LogP) is 7.44. The molecule has 5 rings (SSSR count). The van der Waals surface area contributed by atoms with Crippen molar-refractivity contribution >= 4 is 70.7 Å². The minimum absolute atomic E-state index is 0.0440. The third-order valence-corrected chi connectivity index (χ3v) is 7.99. The average Bonchev–Trinajstić information content (AvgIpc) is 3.61. The van der Waals surface area contributed by atoms with Crippen molar-refractivity contribution in [2.24, 2.45) is 10.8 Å². The molecule has 0 saturated carbocycles. The number of pyridine rings is 3. The Morgan fingerprint density at radius 3 is 1.59 bits per heavy atom. The molecule has 5 heterocycles.